The van der Waals surface area contributed by atoms with Gasteiger partial charge in [-0.1, -0.05) is 0 Å². The van der Waals surface area contributed by atoms with Crippen molar-refractivity contribution in [3.8, 4) is 0 Å². The predicted molar refractivity (Wildman–Crippen MR) is 45.9 cm³/mol. The molecule has 0 N–H and O–H groups in total. The molecular weight excluding hydrogens is 178 g/mol. The lowest BCUT2D eigenvalue weighted by Crippen LogP contribution is -2.40. The summed E-state index contributed by atoms with van der Waals surface area (Å²) in [6.07, 6.45) is 2.41. The third-order valence-corrected chi connectivity index (χ3v) is 2.17. The van der Waals surface area contributed by atoms with E-state index in [2.05, 4.69) is 0 Å². The molecule has 0 saturated carbocycles. The molecule has 0 aliphatic carbocycles. The van der Waals surface area contributed by atoms with Gasteiger partial charge in [-0.05, 0) is 12.8 Å². The molecule has 0 spiro atoms. The molecule has 1 rings (SSSR count). The number of carbonyl (C=O) groups excluding carboxylic acids is 2. The van der Waals surface area contributed by atoms with Crippen molar-refractivity contribution in [1.82, 2.24) is 4.90 Å². The van der Waals surface area contributed by atoms with E-state index in [-0.39, 0.29) is 11.8 Å². The summed E-state index contributed by atoms with van der Waals surface area (Å²) >= 11 is 5.47. The van der Waals surface area contributed by atoms with Crippen molar-refractivity contribution in [1.29, 1.82) is 0 Å². The number of carbonyl (C=O) groups is 2. The van der Waals surface area contributed by atoms with Crippen LogP contribution in [-0.4, -0.2) is 29.1 Å². The van der Waals surface area contributed by atoms with Gasteiger partial charge in [0.2, 0.25) is 11.8 Å². The van der Waals surface area contributed by atoms with Gasteiger partial charge in [0.15, 0.2) is 0 Å². The van der Waals surface area contributed by atoms with Crippen LogP contribution in [0.1, 0.15) is 25.7 Å². The Balaban J connectivity index is 2.45. The molecule has 0 bridgehead atoms. The summed E-state index contributed by atoms with van der Waals surface area (Å²) in [6, 6.07) is 0. The van der Waals surface area contributed by atoms with Crippen molar-refractivity contribution in [2.24, 2.45) is 0 Å². The lowest BCUT2D eigenvalue weighted by molar-refractivity contribution is -0.147. The van der Waals surface area contributed by atoms with E-state index in [9.17, 15) is 9.59 Å². The van der Waals surface area contributed by atoms with Crippen molar-refractivity contribution >= 4 is 23.4 Å². The quantitative estimate of drug-likeness (QED) is 0.494. The Hall–Kier alpha value is -0.570. The van der Waals surface area contributed by atoms with Crippen LogP contribution in [0.5, 0.6) is 0 Å². The molecule has 1 heterocycles. The Kier molecular flexibility index (Phi) is 3.53. The second-order valence-electron chi connectivity index (χ2n) is 2.84. The summed E-state index contributed by atoms with van der Waals surface area (Å²) in [4.78, 5) is 23.7. The fourth-order valence-electron chi connectivity index (χ4n) is 1.27. The Morgan fingerprint density at radius 2 is 1.83 bits per heavy atom. The number of piperidine rings is 1. The summed E-state index contributed by atoms with van der Waals surface area (Å²) in [5.41, 5.74) is 0. The van der Waals surface area contributed by atoms with Crippen molar-refractivity contribution in [2.75, 3.05) is 12.4 Å². The Bertz CT molecular complexity index is 177. The average molecular weight is 190 g/mol. The van der Waals surface area contributed by atoms with E-state index in [1.165, 1.54) is 4.90 Å². The number of hydrogen-bond acceptors (Lipinski definition) is 2. The van der Waals surface area contributed by atoms with Crippen LogP contribution in [0, 0.1) is 0 Å². The number of likely N-dealkylation sites (tertiary alicyclic amines) is 1. The monoisotopic (exact) mass is 189 g/mol. The van der Waals surface area contributed by atoms with Crippen LogP contribution in [-0.2, 0) is 9.59 Å². The highest BCUT2D eigenvalue weighted by atomic mass is 35.5. The van der Waals surface area contributed by atoms with Crippen molar-refractivity contribution in [3.63, 3.8) is 0 Å². The largest absolute Gasteiger partial charge is 0.283 e. The van der Waals surface area contributed by atoms with Crippen LogP contribution in [0.3, 0.4) is 0 Å². The zero-order chi connectivity index (χ0) is 8.97. The first kappa shape index (κ1) is 9.52. The first-order chi connectivity index (χ1) is 5.75. The van der Waals surface area contributed by atoms with Gasteiger partial charge in [-0.15, -0.1) is 11.6 Å². The molecule has 1 fully saturated rings. The Labute approximate surface area is 76.7 Å². The molecular formula is C8H12ClNO2. The van der Waals surface area contributed by atoms with Gasteiger partial charge in [-0.3, -0.25) is 14.5 Å². The molecule has 1 saturated heterocycles. The SMILES string of the molecule is O=C1CCCC(=O)N1CCCCl. The standard InChI is InChI=1S/C8H12ClNO2/c9-5-2-6-10-7(11)3-1-4-8(10)12/h1-6H2. The second kappa shape index (κ2) is 4.45. The molecule has 12 heavy (non-hydrogen) atoms. The van der Waals surface area contributed by atoms with Gasteiger partial charge in [0, 0.05) is 25.3 Å². The van der Waals surface area contributed by atoms with Crippen LogP contribution >= 0.6 is 11.6 Å². The smallest absolute Gasteiger partial charge is 0.229 e. The van der Waals surface area contributed by atoms with Crippen LogP contribution in [0.4, 0.5) is 0 Å². The molecule has 0 aromatic rings. The molecule has 3 nitrogen and oxygen atoms in total. The van der Waals surface area contributed by atoms with Crippen LogP contribution in [0.15, 0.2) is 0 Å². The zero-order valence-corrected chi connectivity index (χ0v) is 7.64. The summed E-state index contributed by atoms with van der Waals surface area (Å²) in [5, 5.41) is 0. The van der Waals surface area contributed by atoms with Gasteiger partial charge >= 0.3 is 0 Å². The second-order valence-corrected chi connectivity index (χ2v) is 3.21. The van der Waals surface area contributed by atoms with Crippen molar-refractivity contribution in [3.05, 3.63) is 0 Å². The minimum Gasteiger partial charge on any atom is -0.283 e. The maximum absolute atomic E-state index is 11.2. The maximum atomic E-state index is 11.2. The average Bonchev–Trinajstić information content (AvgIpc) is 2.04. The van der Waals surface area contributed by atoms with Crippen LogP contribution in [0.2, 0.25) is 0 Å². The maximum Gasteiger partial charge on any atom is 0.229 e. The van der Waals surface area contributed by atoms with E-state index >= 15 is 0 Å². The van der Waals surface area contributed by atoms with E-state index in [0.717, 1.165) is 0 Å². The number of hydrogen-bond donors (Lipinski definition) is 0. The molecule has 2 amide bonds. The first-order valence-corrected chi connectivity index (χ1v) is 4.68. The number of nitrogens with zero attached hydrogens (tertiary/aromatic N) is 1. The van der Waals surface area contributed by atoms with Gasteiger partial charge in [-0.2, -0.15) is 0 Å². The lowest BCUT2D eigenvalue weighted by atomic mass is 10.1. The van der Waals surface area contributed by atoms with E-state index in [0.29, 0.717) is 38.1 Å². The molecule has 0 radical (unpaired) electrons. The van der Waals surface area contributed by atoms with Crippen molar-refractivity contribution in [2.45, 2.75) is 25.7 Å². The van der Waals surface area contributed by atoms with Crippen LogP contribution < -0.4 is 0 Å². The minimum absolute atomic E-state index is 0.0450. The van der Waals surface area contributed by atoms with Crippen LogP contribution in [0.25, 0.3) is 0 Å². The third-order valence-electron chi connectivity index (χ3n) is 1.90. The molecule has 0 aromatic carbocycles. The highest BCUT2D eigenvalue weighted by Gasteiger charge is 2.24. The Morgan fingerprint density at radius 3 is 2.33 bits per heavy atom. The predicted octanol–water partition coefficient (Wildman–Crippen LogP) is 1.15. The fraction of sp³-hybridized carbons (Fsp3) is 0.750. The molecule has 1 aliphatic heterocycles. The molecule has 4 heteroatoms. The number of alkyl halides is 1. The summed E-state index contributed by atoms with van der Waals surface area (Å²) in [7, 11) is 0. The van der Waals surface area contributed by atoms with E-state index in [1.807, 2.05) is 0 Å². The summed E-state index contributed by atoms with van der Waals surface area (Å²) in [5.74, 6) is 0.407. The van der Waals surface area contributed by atoms with Gasteiger partial charge < -0.3 is 0 Å². The number of halogens is 1. The fourth-order valence-corrected chi connectivity index (χ4v) is 1.39. The molecule has 0 aromatic heterocycles. The molecule has 1 aliphatic rings. The summed E-state index contributed by atoms with van der Waals surface area (Å²) in [6.45, 7) is 0.487. The normalized spacial score (nSPS) is 18.6. The number of imide groups is 1. The molecule has 0 unspecified atom stereocenters. The highest BCUT2D eigenvalue weighted by molar-refractivity contribution is 6.17. The van der Waals surface area contributed by atoms with E-state index in [4.69, 9.17) is 11.6 Å². The topological polar surface area (TPSA) is 37.4 Å². The van der Waals surface area contributed by atoms with Gasteiger partial charge in [0.05, 0.1) is 0 Å². The van der Waals surface area contributed by atoms with Gasteiger partial charge in [0.25, 0.3) is 0 Å². The summed E-state index contributed by atoms with van der Waals surface area (Å²) < 4.78 is 0. The van der Waals surface area contributed by atoms with Gasteiger partial charge in [-0.25, -0.2) is 0 Å². The molecule has 0 atom stereocenters. The highest BCUT2D eigenvalue weighted by Crippen LogP contribution is 2.12. The minimum atomic E-state index is -0.0450. The number of rotatable bonds is 3. The first-order valence-electron chi connectivity index (χ1n) is 4.15. The van der Waals surface area contributed by atoms with E-state index in [1.54, 1.807) is 0 Å². The molecule has 68 valence electrons. The van der Waals surface area contributed by atoms with Gasteiger partial charge in [0.1, 0.15) is 0 Å². The third kappa shape index (κ3) is 2.21. The van der Waals surface area contributed by atoms with E-state index < -0.39 is 0 Å². The van der Waals surface area contributed by atoms with Crippen molar-refractivity contribution < 1.29 is 9.59 Å². The lowest BCUT2D eigenvalue weighted by Gasteiger charge is -2.24. The number of amides is 2. The zero-order valence-electron chi connectivity index (χ0n) is 6.88. The Morgan fingerprint density at radius 1 is 1.25 bits per heavy atom.